The van der Waals surface area contributed by atoms with Crippen LogP contribution >= 0.6 is 0 Å². The molecule has 3 rings (SSSR count). The van der Waals surface area contributed by atoms with E-state index >= 15 is 0 Å². The predicted molar refractivity (Wildman–Crippen MR) is 90.7 cm³/mol. The summed E-state index contributed by atoms with van der Waals surface area (Å²) >= 11 is 0. The third-order valence-corrected chi connectivity index (χ3v) is 4.64. The number of pyridine rings is 1. The Labute approximate surface area is 131 Å². The van der Waals surface area contributed by atoms with Gasteiger partial charge in [-0.3, -0.25) is 9.36 Å². The molecule has 1 aromatic heterocycles. The summed E-state index contributed by atoms with van der Waals surface area (Å²) in [6.45, 7) is 4.46. The molecule has 0 fully saturated rings. The minimum absolute atomic E-state index is 0.0510. The van der Waals surface area contributed by atoms with Crippen molar-refractivity contribution in [2.45, 2.75) is 52.5 Å². The van der Waals surface area contributed by atoms with E-state index in [-0.39, 0.29) is 5.56 Å². The van der Waals surface area contributed by atoms with Crippen LogP contribution in [0.3, 0.4) is 0 Å². The molecule has 0 spiro atoms. The molecule has 1 aliphatic rings. The molecular weight excluding hydrogens is 272 g/mol. The summed E-state index contributed by atoms with van der Waals surface area (Å²) in [4.78, 5) is 12.9. The highest BCUT2D eigenvalue weighted by Crippen LogP contribution is 2.24. The van der Waals surface area contributed by atoms with Crippen molar-refractivity contribution in [1.29, 1.82) is 0 Å². The van der Waals surface area contributed by atoms with Crippen molar-refractivity contribution in [1.82, 2.24) is 4.57 Å². The average Bonchev–Trinajstić information content (AvgIpc) is 2.73. The van der Waals surface area contributed by atoms with Crippen molar-refractivity contribution >= 4 is 0 Å². The smallest absolute Gasteiger partial charge is 0.259 e. The molecule has 1 aliphatic carbocycles. The van der Waals surface area contributed by atoms with Crippen LogP contribution in [0.5, 0.6) is 0 Å². The van der Waals surface area contributed by atoms with E-state index < -0.39 is 0 Å². The second-order valence-electron chi connectivity index (χ2n) is 6.34. The molecular formula is C19H24N2O. The first-order valence-electron chi connectivity index (χ1n) is 8.16. The number of fused-ring (bicyclic) bond motifs is 1. The first-order chi connectivity index (χ1) is 10.6. The summed E-state index contributed by atoms with van der Waals surface area (Å²) in [5.74, 6) is 0. The minimum atomic E-state index is 0.0510. The Kier molecular flexibility index (Phi) is 4.16. The van der Waals surface area contributed by atoms with E-state index in [2.05, 4.69) is 32.0 Å². The van der Waals surface area contributed by atoms with Gasteiger partial charge in [0.2, 0.25) is 0 Å². The van der Waals surface area contributed by atoms with E-state index in [1.807, 2.05) is 10.6 Å². The zero-order chi connectivity index (χ0) is 15.7. The summed E-state index contributed by atoms with van der Waals surface area (Å²) in [6.07, 6.45) is 5.60. The Morgan fingerprint density at radius 1 is 1.09 bits per heavy atom. The van der Waals surface area contributed by atoms with E-state index in [1.165, 1.54) is 29.7 Å². The van der Waals surface area contributed by atoms with Crippen LogP contribution in [-0.2, 0) is 19.4 Å². The highest BCUT2D eigenvalue weighted by atomic mass is 16.1. The van der Waals surface area contributed by atoms with Crippen LogP contribution in [-0.4, -0.2) is 4.57 Å². The van der Waals surface area contributed by atoms with Crippen LogP contribution in [0.15, 0.2) is 29.1 Å². The molecule has 0 atom stereocenters. The summed E-state index contributed by atoms with van der Waals surface area (Å²) in [5.41, 5.74) is 12.4. The molecule has 116 valence electrons. The van der Waals surface area contributed by atoms with Gasteiger partial charge in [-0.2, -0.15) is 0 Å². The van der Waals surface area contributed by atoms with Crippen molar-refractivity contribution < 1.29 is 0 Å². The second kappa shape index (κ2) is 6.09. The number of rotatable bonds is 2. The highest BCUT2D eigenvalue weighted by molar-refractivity contribution is 5.46. The number of aryl methyl sites for hydroxylation is 3. The molecule has 2 N–H and O–H groups in total. The molecule has 3 nitrogen and oxygen atoms in total. The largest absolute Gasteiger partial charge is 0.326 e. The maximum atomic E-state index is 12.9. The van der Waals surface area contributed by atoms with Gasteiger partial charge in [-0.15, -0.1) is 0 Å². The van der Waals surface area contributed by atoms with Crippen LogP contribution in [0.1, 0.15) is 47.2 Å². The van der Waals surface area contributed by atoms with Crippen molar-refractivity contribution in [3.63, 3.8) is 0 Å². The molecule has 0 saturated heterocycles. The molecule has 1 aromatic carbocycles. The summed E-state index contributed by atoms with van der Waals surface area (Å²) < 4.78 is 1.93. The van der Waals surface area contributed by atoms with Gasteiger partial charge >= 0.3 is 0 Å². The van der Waals surface area contributed by atoms with E-state index in [0.717, 1.165) is 36.1 Å². The monoisotopic (exact) mass is 296 g/mol. The maximum absolute atomic E-state index is 12.9. The molecule has 0 aliphatic heterocycles. The summed E-state index contributed by atoms with van der Waals surface area (Å²) in [7, 11) is 0. The molecule has 1 heterocycles. The number of hydrogen-bond acceptors (Lipinski definition) is 2. The topological polar surface area (TPSA) is 48.0 Å². The Morgan fingerprint density at radius 2 is 1.86 bits per heavy atom. The predicted octanol–water partition coefficient (Wildman–Crippen LogP) is 3.18. The molecule has 0 bridgehead atoms. The lowest BCUT2D eigenvalue weighted by Gasteiger charge is -2.19. The van der Waals surface area contributed by atoms with Crippen LogP contribution in [0.4, 0.5) is 0 Å². The number of benzene rings is 1. The van der Waals surface area contributed by atoms with Crippen LogP contribution < -0.4 is 11.3 Å². The maximum Gasteiger partial charge on any atom is 0.259 e. The lowest BCUT2D eigenvalue weighted by atomic mass is 10.0. The Hall–Kier alpha value is -1.87. The molecule has 22 heavy (non-hydrogen) atoms. The standard InChI is InChI=1S/C19H24N2O/c1-13-8-9-17(14(2)10-13)21-18-7-5-3-4-6-15(18)11-16(12-20)19(21)22/h8-11H,3-7,12,20H2,1-2H3. The number of nitrogens with two attached hydrogens (primary N) is 1. The van der Waals surface area contributed by atoms with Gasteiger partial charge in [0.25, 0.3) is 5.56 Å². The fourth-order valence-corrected chi connectivity index (χ4v) is 3.50. The zero-order valence-electron chi connectivity index (χ0n) is 13.5. The van der Waals surface area contributed by atoms with Gasteiger partial charge in [-0.1, -0.05) is 24.1 Å². The molecule has 0 unspecified atom stereocenters. The fraction of sp³-hybridized carbons (Fsp3) is 0.421. The number of nitrogens with zero attached hydrogens (tertiary/aromatic N) is 1. The van der Waals surface area contributed by atoms with Gasteiger partial charge in [0.1, 0.15) is 0 Å². The second-order valence-corrected chi connectivity index (χ2v) is 6.34. The summed E-state index contributed by atoms with van der Waals surface area (Å²) in [5, 5.41) is 0. The quantitative estimate of drug-likeness (QED) is 0.865. The Morgan fingerprint density at radius 3 is 2.59 bits per heavy atom. The van der Waals surface area contributed by atoms with Crippen molar-refractivity contribution in [3.8, 4) is 5.69 Å². The van der Waals surface area contributed by atoms with Crippen molar-refractivity contribution in [3.05, 3.63) is 62.6 Å². The SMILES string of the molecule is Cc1ccc(-n2c3c(cc(CN)c2=O)CCCCC3)c(C)c1. The van der Waals surface area contributed by atoms with Crippen LogP contribution in [0, 0.1) is 13.8 Å². The molecule has 0 amide bonds. The third-order valence-electron chi connectivity index (χ3n) is 4.64. The van der Waals surface area contributed by atoms with Crippen LogP contribution in [0.2, 0.25) is 0 Å². The van der Waals surface area contributed by atoms with Gasteiger partial charge < -0.3 is 5.73 Å². The molecule has 0 saturated carbocycles. The lowest BCUT2D eigenvalue weighted by Crippen LogP contribution is -2.28. The first kappa shape index (κ1) is 15.0. The third kappa shape index (κ3) is 2.61. The van der Waals surface area contributed by atoms with Crippen LogP contribution in [0.25, 0.3) is 5.69 Å². The van der Waals surface area contributed by atoms with E-state index in [1.54, 1.807) is 0 Å². The van der Waals surface area contributed by atoms with Gasteiger partial charge in [0, 0.05) is 17.8 Å². The number of aromatic nitrogens is 1. The molecule has 2 aromatic rings. The molecule has 0 radical (unpaired) electrons. The fourth-order valence-electron chi connectivity index (χ4n) is 3.50. The van der Waals surface area contributed by atoms with Gasteiger partial charge in [-0.25, -0.2) is 0 Å². The minimum Gasteiger partial charge on any atom is -0.326 e. The molecule has 3 heteroatoms. The van der Waals surface area contributed by atoms with E-state index in [9.17, 15) is 4.79 Å². The van der Waals surface area contributed by atoms with Crippen molar-refractivity contribution in [2.75, 3.05) is 0 Å². The Bertz CT molecular complexity index is 759. The van der Waals surface area contributed by atoms with E-state index in [4.69, 9.17) is 5.73 Å². The van der Waals surface area contributed by atoms with Gasteiger partial charge in [-0.05, 0) is 62.8 Å². The van der Waals surface area contributed by atoms with Gasteiger partial charge in [0.05, 0.1) is 5.69 Å². The lowest BCUT2D eigenvalue weighted by molar-refractivity contribution is 0.702. The van der Waals surface area contributed by atoms with E-state index in [0.29, 0.717) is 6.54 Å². The zero-order valence-corrected chi connectivity index (χ0v) is 13.5. The van der Waals surface area contributed by atoms with Gasteiger partial charge in [0.15, 0.2) is 0 Å². The first-order valence-corrected chi connectivity index (χ1v) is 8.16. The average molecular weight is 296 g/mol. The Balaban J connectivity index is 2.31. The normalized spacial score (nSPS) is 14.5. The highest BCUT2D eigenvalue weighted by Gasteiger charge is 2.18. The van der Waals surface area contributed by atoms with Crippen molar-refractivity contribution in [2.24, 2.45) is 5.73 Å². The number of hydrogen-bond donors (Lipinski definition) is 1. The summed E-state index contributed by atoms with van der Waals surface area (Å²) in [6, 6.07) is 8.33.